The van der Waals surface area contributed by atoms with Gasteiger partial charge in [0.05, 0.1) is 23.3 Å². The van der Waals surface area contributed by atoms with Crippen molar-refractivity contribution in [3.8, 4) is 11.4 Å². The predicted molar refractivity (Wildman–Crippen MR) is 115 cm³/mol. The van der Waals surface area contributed by atoms with Gasteiger partial charge < -0.3 is 4.74 Å². The van der Waals surface area contributed by atoms with Gasteiger partial charge in [0.1, 0.15) is 5.82 Å². The van der Waals surface area contributed by atoms with Gasteiger partial charge in [0.2, 0.25) is 5.91 Å². The number of hydrogen-bond acceptors (Lipinski definition) is 7. The van der Waals surface area contributed by atoms with Crippen LogP contribution in [0.5, 0.6) is 0 Å². The standard InChI is InChI=1S/C20H20FN5O3S2/c21-14-7-5-13(6-8-14)18-23-25-20(26(18)11-15-3-1-9-29-15)31-12-17(27)22-24-19(28)16-4-2-10-30-16/h2,4-8,10,15H,1,3,9,11-12H2,(H,22,27)(H,24,28). The van der Waals surface area contributed by atoms with E-state index in [-0.39, 0.29) is 29.5 Å². The molecule has 0 saturated carbocycles. The molecule has 1 atom stereocenters. The number of ether oxygens (including phenoxy) is 1. The number of carbonyl (C=O) groups excluding carboxylic acids is 2. The third-order valence-corrected chi connectivity index (χ3v) is 6.46. The van der Waals surface area contributed by atoms with Gasteiger partial charge in [0, 0.05) is 12.2 Å². The Balaban J connectivity index is 1.42. The van der Waals surface area contributed by atoms with Gasteiger partial charge in [-0.15, -0.1) is 21.5 Å². The fraction of sp³-hybridized carbons (Fsp3) is 0.300. The number of hydrogen-bond donors (Lipinski definition) is 2. The molecule has 1 aliphatic heterocycles. The summed E-state index contributed by atoms with van der Waals surface area (Å²) < 4.78 is 21.0. The highest BCUT2D eigenvalue weighted by molar-refractivity contribution is 7.99. The van der Waals surface area contributed by atoms with E-state index < -0.39 is 0 Å². The Morgan fingerprint density at radius 1 is 1.23 bits per heavy atom. The Labute approximate surface area is 186 Å². The molecule has 1 fully saturated rings. The summed E-state index contributed by atoms with van der Waals surface area (Å²) in [5.41, 5.74) is 5.52. The minimum Gasteiger partial charge on any atom is -0.376 e. The van der Waals surface area contributed by atoms with Crippen molar-refractivity contribution >= 4 is 34.9 Å². The first-order valence-corrected chi connectivity index (χ1v) is 11.5. The van der Waals surface area contributed by atoms with Crippen molar-refractivity contribution in [2.24, 2.45) is 0 Å². The molecule has 3 aromatic rings. The van der Waals surface area contributed by atoms with Crippen LogP contribution in [0.15, 0.2) is 46.9 Å². The number of aromatic nitrogens is 3. The van der Waals surface area contributed by atoms with Gasteiger partial charge >= 0.3 is 0 Å². The molecule has 0 aliphatic carbocycles. The molecule has 11 heteroatoms. The first kappa shape index (κ1) is 21.5. The lowest BCUT2D eigenvalue weighted by Crippen LogP contribution is -2.42. The van der Waals surface area contributed by atoms with Crippen LogP contribution < -0.4 is 10.9 Å². The van der Waals surface area contributed by atoms with Crippen LogP contribution in [0.2, 0.25) is 0 Å². The number of carbonyl (C=O) groups is 2. The van der Waals surface area contributed by atoms with Gasteiger partial charge in [-0.2, -0.15) is 0 Å². The summed E-state index contributed by atoms with van der Waals surface area (Å²) >= 11 is 2.49. The molecule has 1 saturated heterocycles. The summed E-state index contributed by atoms with van der Waals surface area (Å²) in [5, 5.41) is 10.8. The third-order valence-electron chi connectivity index (χ3n) is 4.62. The first-order chi connectivity index (χ1) is 15.1. The van der Waals surface area contributed by atoms with Gasteiger partial charge in [-0.3, -0.25) is 25.0 Å². The van der Waals surface area contributed by atoms with Crippen LogP contribution >= 0.6 is 23.1 Å². The SMILES string of the molecule is O=C(CSc1nnc(-c2ccc(F)cc2)n1CC1CCCO1)NNC(=O)c1cccs1. The Kier molecular flexibility index (Phi) is 6.95. The average molecular weight is 462 g/mol. The molecule has 0 radical (unpaired) electrons. The van der Waals surface area contributed by atoms with E-state index in [1.165, 1.54) is 35.2 Å². The van der Waals surface area contributed by atoms with Crippen molar-refractivity contribution in [3.05, 3.63) is 52.5 Å². The van der Waals surface area contributed by atoms with Crippen LogP contribution in [0, 0.1) is 5.82 Å². The van der Waals surface area contributed by atoms with E-state index in [1.807, 2.05) is 4.57 Å². The van der Waals surface area contributed by atoms with Gasteiger partial charge in [-0.05, 0) is 48.6 Å². The number of rotatable bonds is 7. The van der Waals surface area contributed by atoms with Crippen molar-refractivity contribution in [1.29, 1.82) is 0 Å². The quantitative estimate of drug-likeness (QED) is 0.415. The van der Waals surface area contributed by atoms with E-state index in [2.05, 4.69) is 21.0 Å². The maximum atomic E-state index is 13.3. The number of nitrogens with one attached hydrogen (secondary N) is 2. The van der Waals surface area contributed by atoms with Crippen molar-refractivity contribution in [2.75, 3.05) is 12.4 Å². The lowest BCUT2D eigenvalue weighted by molar-refractivity contribution is -0.119. The highest BCUT2D eigenvalue weighted by Gasteiger charge is 2.22. The highest BCUT2D eigenvalue weighted by Crippen LogP contribution is 2.26. The van der Waals surface area contributed by atoms with Crippen molar-refractivity contribution in [1.82, 2.24) is 25.6 Å². The molecule has 31 heavy (non-hydrogen) atoms. The second-order valence-corrected chi connectivity index (χ2v) is 8.72. The molecule has 1 aliphatic rings. The molecular weight excluding hydrogens is 441 g/mol. The van der Waals surface area contributed by atoms with E-state index in [0.717, 1.165) is 18.4 Å². The van der Waals surface area contributed by atoms with E-state index >= 15 is 0 Å². The number of halogens is 1. The van der Waals surface area contributed by atoms with Gasteiger partial charge in [-0.25, -0.2) is 4.39 Å². The molecule has 4 rings (SSSR count). The number of amides is 2. The monoisotopic (exact) mass is 461 g/mol. The smallest absolute Gasteiger partial charge is 0.279 e. The molecular formula is C20H20FN5O3S2. The van der Waals surface area contributed by atoms with Crippen LogP contribution in [-0.2, 0) is 16.1 Å². The Hall–Kier alpha value is -2.76. The molecule has 3 heterocycles. The molecule has 0 spiro atoms. The number of nitrogens with zero attached hydrogens (tertiary/aromatic N) is 3. The summed E-state index contributed by atoms with van der Waals surface area (Å²) in [7, 11) is 0. The lowest BCUT2D eigenvalue weighted by atomic mass is 10.2. The average Bonchev–Trinajstić information content (AvgIpc) is 3.54. The van der Waals surface area contributed by atoms with Crippen molar-refractivity contribution < 1.29 is 18.7 Å². The molecule has 2 N–H and O–H groups in total. The van der Waals surface area contributed by atoms with Crippen molar-refractivity contribution in [2.45, 2.75) is 30.6 Å². The Bertz CT molecular complexity index is 1030. The number of hydrazine groups is 1. The summed E-state index contributed by atoms with van der Waals surface area (Å²) in [5.74, 6) is -0.440. The number of benzene rings is 1. The molecule has 1 aromatic carbocycles. The fourth-order valence-electron chi connectivity index (χ4n) is 3.13. The molecule has 2 amide bonds. The van der Waals surface area contributed by atoms with E-state index in [4.69, 9.17) is 4.74 Å². The van der Waals surface area contributed by atoms with E-state index in [1.54, 1.807) is 29.6 Å². The van der Waals surface area contributed by atoms with Gasteiger partial charge in [-0.1, -0.05) is 17.8 Å². The van der Waals surface area contributed by atoms with E-state index in [9.17, 15) is 14.0 Å². The predicted octanol–water partition coefficient (Wildman–Crippen LogP) is 2.88. The van der Waals surface area contributed by atoms with Crippen LogP contribution in [0.3, 0.4) is 0 Å². The molecule has 8 nitrogen and oxygen atoms in total. The second kappa shape index (κ2) is 10.0. The maximum absolute atomic E-state index is 13.3. The summed E-state index contributed by atoms with van der Waals surface area (Å²) in [6.45, 7) is 1.26. The summed E-state index contributed by atoms with van der Waals surface area (Å²) in [4.78, 5) is 24.6. The van der Waals surface area contributed by atoms with Crippen LogP contribution in [0.4, 0.5) is 4.39 Å². The summed E-state index contributed by atoms with van der Waals surface area (Å²) in [6.07, 6.45) is 1.96. The largest absolute Gasteiger partial charge is 0.376 e. The zero-order chi connectivity index (χ0) is 21.6. The number of thiophene rings is 1. The highest BCUT2D eigenvalue weighted by atomic mass is 32.2. The van der Waals surface area contributed by atoms with Crippen LogP contribution in [0.1, 0.15) is 22.5 Å². The number of thioether (sulfide) groups is 1. The van der Waals surface area contributed by atoms with Crippen LogP contribution in [0.25, 0.3) is 11.4 Å². The van der Waals surface area contributed by atoms with Gasteiger partial charge in [0.25, 0.3) is 5.91 Å². The van der Waals surface area contributed by atoms with Crippen LogP contribution in [-0.4, -0.2) is 45.0 Å². The molecule has 1 unspecified atom stereocenters. The Morgan fingerprint density at radius 3 is 2.77 bits per heavy atom. The molecule has 162 valence electrons. The minimum atomic E-state index is -0.370. The third kappa shape index (κ3) is 5.49. The van der Waals surface area contributed by atoms with E-state index in [0.29, 0.717) is 29.0 Å². The zero-order valence-electron chi connectivity index (χ0n) is 16.4. The fourth-order valence-corrected chi connectivity index (χ4v) is 4.49. The normalized spacial score (nSPS) is 15.7. The minimum absolute atomic E-state index is 0.0356. The maximum Gasteiger partial charge on any atom is 0.279 e. The second-order valence-electron chi connectivity index (χ2n) is 6.83. The van der Waals surface area contributed by atoms with Gasteiger partial charge in [0.15, 0.2) is 11.0 Å². The van der Waals surface area contributed by atoms with Crippen molar-refractivity contribution in [3.63, 3.8) is 0 Å². The Morgan fingerprint density at radius 2 is 2.06 bits per heavy atom. The molecule has 2 aromatic heterocycles. The zero-order valence-corrected chi connectivity index (χ0v) is 18.0. The summed E-state index contributed by atoms with van der Waals surface area (Å²) in [6, 6.07) is 9.47. The molecule has 0 bridgehead atoms. The topological polar surface area (TPSA) is 98.1 Å². The first-order valence-electron chi connectivity index (χ1n) is 9.66. The lowest BCUT2D eigenvalue weighted by Gasteiger charge is -2.14.